The van der Waals surface area contributed by atoms with Crippen LogP contribution in [-0.4, -0.2) is 42.7 Å². The predicted molar refractivity (Wildman–Crippen MR) is 114 cm³/mol. The van der Waals surface area contributed by atoms with Crippen LogP contribution in [0.4, 0.5) is 0 Å². The van der Waals surface area contributed by atoms with Gasteiger partial charge < -0.3 is 10.1 Å². The zero-order chi connectivity index (χ0) is 19.1. The molecule has 0 amide bonds. The van der Waals surface area contributed by atoms with Crippen molar-refractivity contribution >= 4 is 0 Å². The average Bonchev–Trinajstić information content (AvgIpc) is 2.73. The minimum Gasteiger partial charge on any atom is -0.492 e. The fourth-order valence-corrected chi connectivity index (χ4v) is 4.83. The smallest absolute Gasteiger partial charge is 0.122 e. The van der Waals surface area contributed by atoms with Gasteiger partial charge in [-0.05, 0) is 79.9 Å². The first-order chi connectivity index (χ1) is 13.8. The summed E-state index contributed by atoms with van der Waals surface area (Å²) in [5.41, 5.74) is 3.14. The van der Waals surface area contributed by atoms with E-state index in [4.69, 9.17) is 4.74 Å². The molecule has 150 valence electrons. The lowest BCUT2D eigenvalue weighted by molar-refractivity contribution is 0.0829. The molecule has 0 saturated carbocycles. The van der Waals surface area contributed by atoms with Crippen LogP contribution in [0.5, 0.6) is 5.75 Å². The molecule has 1 N–H and O–H groups in total. The number of hydrogen-bond acceptors (Lipinski definition) is 4. The second-order valence-corrected chi connectivity index (χ2v) is 8.48. The Balaban J connectivity index is 1.53. The largest absolute Gasteiger partial charge is 0.492 e. The first-order valence-electron chi connectivity index (χ1n) is 10.9. The van der Waals surface area contributed by atoms with Gasteiger partial charge in [-0.15, -0.1) is 0 Å². The van der Waals surface area contributed by atoms with Crippen molar-refractivity contribution < 1.29 is 4.74 Å². The summed E-state index contributed by atoms with van der Waals surface area (Å²) in [6.07, 6.45) is 11.4. The van der Waals surface area contributed by atoms with Gasteiger partial charge in [-0.1, -0.05) is 24.6 Å². The lowest BCUT2D eigenvalue weighted by Gasteiger charge is -2.42. The highest BCUT2D eigenvalue weighted by atomic mass is 16.5. The summed E-state index contributed by atoms with van der Waals surface area (Å²) in [5, 5.41) is 3.57. The SMILES string of the molecule is c1ccc2c(c1)CCCCC1(CCNCC1)CN(Cc1ccncc1)CCO2. The van der Waals surface area contributed by atoms with Crippen LogP contribution in [0.15, 0.2) is 48.8 Å². The third kappa shape index (κ3) is 5.12. The molecule has 1 aromatic heterocycles. The normalized spacial score (nSPS) is 21.1. The average molecular weight is 380 g/mol. The summed E-state index contributed by atoms with van der Waals surface area (Å²) in [6, 6.07) is 12.9. The maximum atomic E-state index is 6.24. The summed E-state index contributed by atoms with van der Waals surface area (Å²) in [4.78, 5) is 6.80. The lowest BCUT2D eigenvalue weighted by atomic mass is 9.74. The van der Waals surface area contributed by atoms with Gasteiger partial charge in [0.1, 0.15) is 12.4 Å². The molecule has 0 bridgehead atoms. The number of ether oxygens (including phenoxy) is 1. The Labute approximate surface area is 169 Å². The maximum Gasteiger partial charge on any atom is 0.122 e. The van der Waals surface area contributed by atoms with Gasteiger partial charge in [-0.3, -0.25) is 9.88 Å². The number of nitrogens with one attached hydrogen (secondary N) is 1. The zero-order valence-electron chi connectivity index (χ0n) is 16.9. The van der Waals surface area contributed by atoms with Crippen molar-refractivity contribution in [1.82, 2.24) is 15.2 Å². The van der Waals surface area contributed by atoms with Crippen LogP contribution in [0.2, 0.25) is 0 Å². The molecule has 2 aromatic rings. The molecule has 0 unspecified atom stereocenters. The molecule has 1 fully saturated rings. The molecule has 0 atom stereocenters. The molecule has 1 aromatic carbocycles. The van der Waals surface area contributed by atoms with Crippen LogP contribution in [-0.2, 0) is 13.0 Å². The van der Waals surface area contributed by atoms with E-state index in [0.717, 1.165) is 45.0 Å². The summed E-state index contributed by atoms with van der Waals surface area (Å²) in [7, 11) is 0. The molecule has 1 spiro atoms. The Morgan fingerprint density at radius 2 is 1.82 bits per heavy atom. The Morgan fingerprint density at radius 1 is 1.00 bits per heavy atom. The van der Waals surface area contributed by atoms with Crippen molar-refractivity contribution in [1.29, 1.82) is 0 Å². The van der Waals surface area contributed by atoms with Gasteiger partial charge in [0.15, 0.2) is 0 Å². The highest BCUT2D eigenvalue weighted by molar-refractivity contribution is 5.33. The summed E-state index contributed by atoms with van der Waals surface area (Å²) >= 11 is 0. The van der Waals surface area contributed by atoms with Crippen molar-refractivity contribution in [2.45, 2.75) is 45.1 Å². The first-order valence-corrected chi connectivity index (χ1v) is 10.9. The molecular formula is C24H33N3O. The van der Waals surface area contributed by atoms with Gasteiger partial charge in [0.2, 0.25) is 0 Å². The Hall–Kier alpha value is -1.91. The second kappa shape index (κ2) is 9.53. The van der Waals surface area contributed by atoms with Crippen LogP contribution in [0.25, 0.3) is 0 Å². The van der Waals surface area contributed by atoms with E-state index in [1.54, 1.807) is 0 Å². The van der Waals surface area contributed by atoms with Gasteiger partial charge in [-0.25, -0.2) is 0 Å². The van der Waals surface area contributed by atoms with Gasteiger partial charge in [0.05, 0.1) is 0 Å². The van der Waals surface area contributed by atoms with Gasteiger partial charge in [-0.2, -0.15) is 0 Å². The number of aryl methyl sites for hydroxylation is 1. The molecule has 0 aliphatic carbocycles. The Morgan fingerprint density at radius 3 is 2.68 bits per heavy atom. The van der Waals surface area contributed by atoms with Crippen LogP contribution in [0.1, 0.15) is 43.2 Å². The summed E-state index contributed by atoms with van der Waals surface area (Å²) < 4.78 is 6.24. The minimum absolute atomic E-state index is 0.441. The quantitative estimate of drug-likeness (QED) is 0.854. The van der Waals surface area contributed by atoms with Crippen molar-refractivity contribution in [3.63, 3.8) is 0 Å². The molecule has 0 radical (unpaired) electrons. The van der Waals surface area contributed by atoms with Crippen molar-refractivity contribution in [3.05, 3.63) is 59.9 Å². The molecule has 4 rings (SSSR count). The monoisotopic (exact) mass is 379 g/mol. The fourth-order valence-electron chi connectivity index (χ4n) is 4.83. The third-order valence-corrected chi connectivity index (χ3v) is 6.42. The van der Waals surface area contributed by atoms with Crippen LogP contribution >= 0.6 is 0 Å². The van der Waals surface area contributed by atoms with Gasteiger partial charge in [0.25, 0.3) is 0 Å². The molecule has 2 aliphatic rings. The van der Waals surface area contributed by atoms with E-state index < -0.39 is 0 Å². The minimum atomic E-state index is 0.441. The van der Waals surface area contributed by atoms with E-state index in [-0.39, 0.29) is 0 Å². The Bertz CT molecular complexity index is 728. The topological polar surface area (TPSA) is 37.4 Å². The second-order valence-electron chi connectivity index (χ2n) is 8.48. The number of nitrogens with zero attached hydrogens (tertiary/aromatic N) is 2. The Kier molecular flexibility index (Phi) is 6.61. The van der Waals surface area contributed by atoms with Gasteiger partial charge in [0, 0.05) is 32.0 Å². The number of benzene rings is 1. The van der Waals surface area contributed by atoms with E-state index in [1.165, 1.54) is 49.8 Å². The number of rotatable bonds is 2. The van der Waals surface area contributed by atoms with Crippen LogP contribution in [0.3, 0.4) is 0 Å². The lowest BCUT2D eigenvalue weighted by Crippen LogP contribution is -2.45. The maximum absolute atomic E-state index is 6.24. The highest BCUT2D eigenvalue weighted by Crippen LogP contribution is 2.36. The summed E-state index contributed by atoms with van der Waals surface area (Å²) in [6.45, 7) is 6.16. The van der Waals surface area contributed by atoms with Crippen LogP contribution < -0.4 is 10.1 Å². The van der Waals surface area contributed by atoms with Crippen molar-refractivity contribution in [2.24, 2.45) is 5.41 Å². The van der Waals surface area contributed by atoms with E-state index in [1.807, 2.05) is 12.4 Å². The summed E-state index contributed by atoms with van der Waals surface area (Å²) in [5.74, 6) is 1.07. The van der Waals surface area contributed by atoms with E-state index in [0.29, 0.717) is 5.41 Å². The molecule has 2 aliphatic heterocycles. The number of para-hydroxylation sites is 1. The number of hydrogen-bond donors (Lipinski definition) is 1. The number of piperidine rings is 1. The number of pyridine rings is 1. The first kappa shape index (κ1) is 19.4. The molecule has 4 heteroatoms. The van der Waals surface area contributed by atoms with Crippen molar-refractivity contribution in [2.75, 3.05) is 32.8 Å². The van der Waals surface area contributed by atoms with E-state index in [2.05, 4.69) is 51.6 Å². The molecule has 4 nitrogen and oxygen atoms in total. The zero-order valence-corrected chi connectivity index (χ0v) is 16.9. The molecule has 28 heavy (non-hydrogen) atoms. The standard InChI is InChI=1S/C24H33N3O/c1-2-7-23-22(5-1)6-3-4-10-24(11-15-26-16-12-24)20-27(17-18-28-23)19-21-8-13-25-14-9-21/h1-2,5,7-9,13-14,26H,3-4,6,10-12,15-20H2. The van der Waals surface area contributed by atoms with E-state index in [9.17, 15) is 0 Å². The van der Waals surface area contributed by atoms with E-state index >= 15 is 0 Å². The van der Waals surface area contributed by atoms with Crippen molar-refractivity contribution in [3.8, 4) is 5.75 Å². The highest BCUT2D eigenvalue weighted by Gasteiger charge is 2.33. The molecular weight excluding hydrogens is 346 g/mol. The van der Waals surface area contributed by atoms with Gasteiger partial charge >= 0.3 is 0 Å². The number of fused-ring (bicyclic) bond motifs is 1. The molecule has 3 heterocycles. The third-order valence-electron chi connectivity index (χ3n) is 6.42. The molecule has 1 saturated heterocycles. The predicted octanol–water partition coefficient (Wildman–Crippen LogP) is 4.06. The van der Waals surface area contributed by atoms with Crippen LogP contribution in [0, 0.1) is 5.41 Å². The number of aromatic nitrogens is 1. The fraction of sp³-hybridized carbons (Fsp3) is 0.542.